The summed E-state index contributed by atoms with van der Waals surface area (Å²) in [5, 5.41) is 9.00. The lowest BCUT2D eigenvalue weighted by Gasteiger charge is -2.38. The highest BCUT2D eigenvalue weighted by Crippen LogP contribution is 2.41. The number of nitrogens with zero attached hydrogens (tertiary/aromatic N) is 4. The lowest BCUT2D eigenvalue weighted by Crippen LogP contribution is -2.42. The summed E-state index contributed by atoms with van der Waals surface area (Å²) in [7, 11) is 1.69. The molecule has 6 nitrogen and oxygen atoms in total. The van der Waals surface area contributed by atoms with Crippen LogP contribution in [0.2, 0.25) is 0 Å². The second kappa shape index (κ2) is 7.93. The number of ether oxygens (including phenoxy) is 1. The quantitative estimate of drug-likeness (QED) is 0.651. The molecule has 1 fully saturated rings. The first-order valence-electron chi connectivity index (χ1n) is 11.0. The molecule has 31 heavy (non-hydrogen) atoms. The molecule has 3 heterocycles. The highest BCUT2D eigenvalue weighted by Gasteiger charge is 2.44. The molecule has 5 rings (SSSR count). The summed E-state index contributed by atoms with van der Waals surface area (Å²) in [6.45, 7) is 5.71. The molecule has 1 spiro atoms. The van der Waals surface area contributed by atoms with Crippen LogP contribution in [-0.4, -0.2) is 39.9 Å². The predicted molar refractivity (Wildman–Crippen MR) is 120 cm³/mol. The first kappa shape index (κ1) is 19.9. The maximum Gasteiger partial charge on any atom is 0.280 e. The van der Waals surface area contributed by atoms with Crippen LogP contribution >= 0.6 is 0 Å². The fourth-order valence-electron chi connectivity index (χ4n) is 4.95. The third-order valence-electron chi connectivity index (χ3n) is 6.94. The highest BCUT2D eigenvalue weighted by molar-refractivity contribution is 5.58. The molecule has 0 N–H and O–H groups in total. The van der Waals surface area contributed by atoms with Gasteiger partial charge in [-0.05, 0) is 57.0 Å². The second-order valence-electron chi connectivity index (χ2n) is 8.85. The van der Waals surface area contributed by atoms with Gasteiger partial charge in [-0.2, -0.15) is 0 Å². The van der Waals surface area contributed by atoms with Crippen LogP contribution in [0.3, 0.4) is 0 Å². The Morgan fingerprint density at radius 1 is 0.935 bits per heavy atom. The van der Waals surface area contributed by atoms with E-state index in [-0.39, 0.29) is 11.0 Å². The zero-order valence-corrected chi connectivity index (χ0v) is 18.2. The van der Waals surface area contributed by atoms with Crippen LogP contribution in [0.5, 0.6) is 5.75 Å². The van der Waals surface area contributed by atoms with Crippen LogP contribution < -0.4 is 10.3 Å². The Morgan fingerprint density at radius 3 is 2.29 bits per heavy atom. The smallest absolute Gasteiger partial charge is 0.280 e. The van der Waals surface area contributed by atoms with Crippen LogP contribution in [0.1, 0.15) is 36.2 Å². The zero-order valence-electron chi connectivity index (χ0n) is 18.2. The van der Waals surface area contributed by atoms with E-state index in [2.05, 4.69) is 27.2 Å². The molecule has 0 aliphatic carbocycles. The summed E-state index contributed by atoms with van der Waals surface area (Å²) in [5.41, 5.74) is 3.73. The summed E-state index contributed by atoms with van der Waals surface area (Å²) in [6.07, 6.45) is 3.01. The maximum atomic E-state index is 13.2. The molecule has 0 bridgehead atoms. The maximum absolute atomic E-state index is 13.2. The molecule has 0 radical (unpaired) electrons. The van der Waals surface area contributed by atoms with Crippen molar-refractivity contribution in [2.45, 2.75) is 44.7 Å². The van der Waals surface area contributed by atoms with Crippen molar-refractivity contribution in [1.29, 1.82) is 0 Å². The summed E-state index contributed by atoms with van der Waals surface area (Å²) in [5.74, 6) is 1.77. The number of likely N-dealkylation sites (tertiary alicyclic amines) is 1. The van der Waals surface area contributed by atoms with Crippen molar-refractivity contribution in [3.63, 3.8) is 0 Å². The minimum absolute atomic E-state index is 0.00797. The molecule has 1 aromatic heterocycles. The Morgan fingerprint density at radius 2 is 1.61 bits per heavy atom. The van der Waals surface area contributed by atoms with Crippen LogP contribution in [0, 0.1) is 6.92 Å². The molecule has 1 saturated heterocycles. The van der Waals surface area contributed by atoms with Gasteiger partial charge in [0, 0.05) is 24.1 Å². The topological polar surface area (TPSA) is 60.2 Å². The van der Waals surface area contributed by atoms with E-state index in [1.807, 2.05) is 47.9 Å². The van der Waals surface area contributed by atoms with Crippen LogP contribution in [0.4, 0.5) is 0 Å². The summed E-state index contributed by atoms with van der Waals surface area (Å²) >= 11 is 0. The largest absolute Gasteiger partial charge is 0.497 e. The fraction of sp³-hybridized carbons (Fsp3) is 0.400. The van der Waals surface area contributed by atoms with Crippen molar-refractivity contribution in [3.05, 3.63) is 75.8 Å². The SMILES string of the molecule is COc1ccc(CN2CCC3(CC2)CCn2c3nnc(-c3ccc(C)cc3)c2=O)cc1. The van der Waals surface area contributed by atoms with Gasteiger partial charge in [-0.15, -0.1) is 10.2 Å². The fourth-order valence-corrected chi connectivity index (χ4v) is 4.95. The standard InChI is InChI=1S/C25H28N4O2/c1-18-3-7-20(8-4-18)22-23(30)29-16-13-25(24(29)27-26-22)11-14-28(15-12-25)17-19-5-9-21(31-2)10-6-19/h3-10H,11-17H2,1-2H3. The molecule has 0 unspecified atom stereocenters. The molecule has 0 amide bonds. The van der Waals surface area contributed by atoms with E-state index in [4.69, 9.17) is 4.74 Å². The summed E-state index contributed by atoms with van der Waals surface area (Å²) < 4.78 is 7.13. The van der Waals surface area contributed by atoms with E-state index < -0.39 is 0 Å². The van der Waals surface area contributed by atoms with E-state index in [1.165, 1.54) is 11.1 Å². The Labute approximate surface area is 182 Å². The average Bonchev–Trinajstić information content (AvgIpc) is 3.16. The van der Waals surface area contributed by atoms with Gasteiger partial charge < -0.3 is 4.74 Å². The number of hydrogen-bond acceptors (Lipinski definition) is 5. The minimum Gasteiger partial charge on any atom is -0.497 e. The van der Waals surface area contributed by atoms with Gasteiger partial charge in [0.25, 0.3) is 5.56 Å². The molecule has 0 saturated carbocycles. The number of fused-ring (bicyclic) bond motifs is 2. The Kier molecular flexibility index (Phi) is 5.10. The van der Waals surface area contributed by atoms with E-state index in [0.717, 1.165) is 62.6 Å². The predicted octanol–water partition coefficient (Wildman–Crippen LogP) is 3.56. The zero-order chi connectivity index (χ0) is 21.4. The van der Waals surface area contributed by atoms with Gasteiger partial charge in [-0.1, -0.05) is 42.0 Å². The number of aromatic nitrogens is 3. The molecule has 2 aromatic carbocycles. The van der Waals surface area contributed by atoms with Gasteiger partial charge in [0.15, 0.2) is 5.69 Å². The van der Waals surface area contributed by atoms with E-state index in [0.29, 0.717) is 5.69 Å². The Balaban J connectivity index is 1.32. The van der Waals surface area contributed by atoms with Gasteiger partial charge in [-0.3, -0.25) is 14.3 Å². The first-order valence-corrected chi connectivity index (χ1v) is 11.0. The summed E-state index contributed by atoms with van der Waals surface area (Å²) in [6, 6.07) is 16.2. The molecule has 6 heteroatoms. The second-order valence-corrected chi connectivity index (χ2v) is 8.85. The molecule has 2 aliphatic rings. The number of methoxy groups -OCH3 is 1. The number of hydrogen-bond donors (Lipinski definition) is 0. The van der Waals surface area contributed by atoms with Crippen molar-refractivity contribution < 1.29 is 4.74 Å². The van der Waals surface area contributed by atoms with E-state index in [9.17, 15) is 4.79 Å². The van der Waals surface area contributed by atoms with Crippen LogP contribution in [0.25, 0.3) is 11.3 Å². The highest BCUT2D eigenvalue weighted by atomic mass is 16.5. The number of aryl methyl sites for hydroxylation is 1. The normalized spacial score (nSPS) is 17.6. The Hall–Kier alpha value is -2.99. The van der Waals surface area contributed by atoms with Crippen molar-refractivity contribution in [2.75, 3.05) is 20.2 Å². The van der Waals surface area contributed by atoms with Crippen molar-refractivity contribution in [2.24, 2.45) is 0 Å². The molecule has 160 valence electrons. The number of piperidine rings is 1. The first-order chi connectivity index (χ1) is 15.1. The minimum atomic E-state index is -0.0195. The van der Waals surface area contributed by atoms with E-state index >= 15 is 0 Å². The van der Waals surface area contributed by atoms with Crippen molar-refractivity contribution in [3.8, 4) is 17.0 Å². The third-order valence-corrected chi connectivity index (χ3v) is 6.94. The monoisotopic (exact) mass is 416 g/mol. The summed E-state index contributed by atoms with van der Waals surface area (Å²) in [4.78, 5) is 15.7. The third kappa shape index (κ3) is 3.65. The van der Waals surface area contributed by atoms with Gasteiger partial charge in [0.1, 0.15) is 11.6 Å². The lowest BCUT2D eigenvalue weighted by molar-refractivity contribution is 0.149. The van der Waals surface area contributed by atoms with E-state index in [1.54, 1.807) is 7.11 Å². The van der Waals surface area contributed by atoms with Gasteiger partial charge >= 0.3 is 0 Å². The molecule has 3 aromatic rings. The van der Waals surface area contributed by atoms with Crippen LogP contribution in [-0.2, 0) is 18.5 Å². The molecular weight excluding hydrogens is 388 g/mol. The Bertz CT molecular complexity index is 1130. The van der Waals surface area contributed by atoms with Gasteiger partial charge in [0.2, 0.25) is 0 Å². The van der Waals surface area contributed by atoms with Gasteiger partial charge in [0.05, 0.1) is 7.11 Å². The molecular formula is C25H28N4O2. The van der Waals surface area contributed by atoms with Gasteiger partial charge in [-0.25, -0.2) is 0 Å². The molecule has 2 aliphatic heterocycles. The average molecular weight is 417 g/mol. The van der Waals surface area contributed by atoms with Crippen molar-refractivity contribution in [1.82, 2.24) is 19.7 Å². The van der Waals surface area contributed by atoms with Crippen molar-refractivity contribution >= 4 is 0 Å². The van der Waals surface area contributed by atoms with Crippen LogP contribution in [0.15, 0.2) is 53.3 Å². The molecule has 0 atom stereocenters. The number of benzene rings is 2. The number of rotatable bonds is 4. The lowest BCUT2D eigenvalue weighted by atomic mass is 9.76.